The van der Waals surface area contributed by atoms with Gasteiger partial charge in [-0.05, 0) is 32.2 Å². The summed E-state index contributed by atoms with van der Waals surface area (Å²) < 4.78 is 41.8. The third-order valence-corrected chi connectivity index (χ3v) is 5.80. The van der Waals surface area contributed by atoms with Gasteiger partial charge in [0.1, 0.15) is 17.5 Å². The fraction of sp³-hybridized carbons (Fsp3) is 0.450. The van der Waals surface area contributed by atoms with Crippen LogP contribution in [0.5, 0.6) is 0 Å². The van der Waals surface area contributed by atoms with Crippen LogP contribution < -0.4 is 5.73 Å². The number of hydrogen-bond donors (Lipinski definition) is 1. The van der Waals surface area contributed by atoms with Crippen LogP contribution in [0.2, 0.25) is 0 Å². The van der Waals surface area contributed by atoms with E-state index in [0.717, 1.165) is 50.2 Å². The number of benzene rings is 1. The van der Waals surface area contributed by atoms with Crippen LogP contribution >= 0.6 is 0 Å². The molecule has 2 N–H and O–H groups in total. The number of fused-ring (bicyclic) bond motifs is 4. The number of primary amides is 1. The minimum absolute atomic E-state index is 0.102. The van der Waals surface area contributed by atoms with Crippen molar-refractivity contribution in [2.75, 3.05) is 13.1 Å². The van der Waals surface area contributed by atoms with Gasteiger partial charge in [0.15, 0.2) is 0 Å². The highest BCUT2D eigenvalue weighted by atomic mass is 19.1. The third-order valence-electron chi connectivity index (χ3n) is 5.80. The second-order valence-corrected chi connectivity index (χ2v) is 7.47. The molecule has 1 aromatic carbocycles. The third kappa shape index (κ3) is 3.36. The number of nitrogens with two attached hydrogens (primary N) is 1. The first-order valence-electron chi connectivity index (χ1n) is 9.30. The Kier molecular flexibility index (Phi) is 4.72. The van der Waals surface area contributed by atoms with Gasteiger partial charge in [-0.2, -0.15) is 0 Å². The number of allylic oxidation sites excluding steroid dienone is 1. The van der Waals surface area contributed by atoms with Crippen LogP contribution in [0.25, 0.3) is 0 Å². The Bertz CT molecular complexity index is 813. The summed E-state index contributed by atoms with van der Waals surface area (Å²) in [6.45, 7) is 1.61. The van der Waals surface area contributed by atoms with Gasteiger partial charge in [-0.3, -0.25) is 9.69 Å². The van der Waals surface area contributed by atoms with Gasteiger partial charge in [-0.25, -0.2) is 13.2 Å². The van der Waals surface area contributed by atoms with E-state index in [1.807, 2.05) is 6.08 Å². The van der Waals surface area contributed by atoms with E-state index in [1.54, 1.807) is 6.20 Å². The van der Waals surface area contributed by atoms with E-state index in [-0.39, 0.29) is 24.1 Å². The highest BCUT2D eigenvalue weighted by Crippen LogP contribution is 2.36. The molecule has 144 valence electrons. The Morgan fingerprint density at radius 1 is 1.19 bits per heavy atom. The molecule has 0 saturated carbocycles. The summed E-state index contributed by atoms with van der Waals surface area (Å²) in [6.07, 6.45) is 7.32. The summed E-state index contributed by atoms with van der Waals surface area (Å²) in [6, 6.07) is 1.45. The molecule has 27 heavy (non-hydrogen) atoms. The average molecular weight is 377 g/mol. The summed E-state index contributed by atoms with van der Waals surface area (Å²) in [5.74, 6) is -3.09. The van der Waals surface area contributed by atoms with Gasteiger partial charge in [-0.1, -0.05) is 12.5 Å². The Balaban J connectivity index is 1.70. The molecule has 3 aliphatic heterocycles. The molecular formula is C20H22F3N3O. The minimum Gasteiger partial charge on any atom is -0.366 e. The summed E-state index contributed by atoms with van der Waals surface area (Å²) in [5.41, 5.74) is 6.83. The molecule has 3 heterocycles. The predicted octanol–water partition coefficient (Wildman–Crippen LogP) is 2.84. The van der Waals surface area contributed by atoms with Crippen molar-refractivity contribution in [1.29, 1.82) is 0 Å². The molecule has 0 spiro atoms. The maximum Gasteiger partial charge on any atom is 0.246 e. The smallest absolute Gasteiger partial charge is 0.246 e. The molecule has 0 aliphatic carbocycles. The first-order chi connectivity index (χ1) is 12.9. The Morgan fingerprint density at radius 3 is 2.63 bits per heavy atom. The first-order valence-corrected chi connectivity index (χ1v) is 9.30. The number of carbonyl (C=O) groups excluding carboxylic acids is 1. The molecular weight excluding hydrogens is 355 g/mol. The molecule has 4 rings (SSSR count). The number of nitrogens with zero attached hydrogens (tertiary/aromatic N) is 2. The lowest BCUT2D eigenvalue weighted by molar-refractivity contribution is -0.114. The van der Waals surface area contributed by atoms with E-state index >= 15 is 0 Å². The molecule has 1 aromatic rings. The Morgan fingerprint density at radius 2 is 1.93 bits per heavy atom. The quantitative estimate of drug-likeness (QED) is 0.881. The summed E-state index contributed by atoms with van der Waals surface area (Å²) in [7, 11) is 0. The van der Waals surface area contributed by atoms with Crippen LogP contribution in [-0.4, -0.2) is 40.9 Å². The standard InChI is InChI=1S/C20H22F3N3O/c21-13-7-16(22)15(17(23)8-13)9-19-18-5-4-12(20(24)27)10-26(18)14-3-1-2-6-25(19)11-14/h5,7-8,10,14,19H,1-4,6,9,11H2,(H2,24,27). The molecule has 0 aromatic heterocycles. The monoisotopic (exact) mass is 377 g/mol. The van der Waals surface area contributed by atoms with Crippen molar-refractivity contribution < 1.29 is 18.0 Å². The van der Waals surface area contributed by atoms with Gasteiger partial charge in [0, 0.05) is 47.8 Å². The van der Waals surface area contributed by atoms with Crippen molar-refractivity contribution >= 4 is 5.91 Å². The lowest BCUT2D eigenvalue weighted by Crippen LogP contribution is -2.55. The first kappa shape index (κ1) is 18.1. The van der Waals surface area contributed by atoms with Crippen LogP contribution in [0.4, 0.5) is 13.2 Å². The fourth-order valence-corrected chi connectivity index (χ4v) is 4.44. The van der Waals surface area contributed by atoms with E-state index in [9.17, 15) is 18.0 Å². The molecule has 3 aliphatic rings. The van der Waals surface area contributed by atoms with Gasteiger partial charge in [0.2, 0.25) is 5.91 Å². The van der Waals surface area contributed by atoms with Gasteiger partial charge in [0.05, 0.1) is 6.04 Å². The molecule has 3 atom stereocenters. The molecule has 1 amide bonds. The number of hydrogen-bond acceptors (Lipinski definition) is 3. The molecule has 2 bridgehead atoms. The topological polar surface area (TPSA) is 49.6 Å². The number of halogens is 3. The maximum absolute atomic E-state index is 14.3. The molecule has 7 heteroatoms. The van der Waals surface area contributed by atoms with Crippen molar-refractivity contribution in [3.8, 4) is 0 Å². The van der Waals surface area contributed by atoms with E-state index < -0.39 is 23.4 Å². The summed E-state index contributed by atoms with van der Waals surface area (Å²) >= 11 is 0. The average Bonchev–Trinajstić information content (AvgIpc) is 2.83. The van der Waals surface area contributed by atoms with Gasteiger partial charge < -0.3 is 10.6 Å². The zero-order valence-electron chi connectivity index (χ0n) is 14.9. The fourth-order valence-electron chi connectivity index (χ4n) is 4.44. The number of amides is 1. The highest BCUT2D eigenvalue weighted by molar-refractivity contribution is 5.92. The second-order valence-electron chi connectivity index (χ2n) is 7.47. The van der Waals surface area contributed by atoms with E-state index in [2.05, 4.69) is 9.80 Å². The number of piperazine rings is 1. The molecule has 4 nitrogen and oxygen atoms in total. The van der Waals surface area contributed by atoms with Crippen molar-refractivity contribution in [2.45, 2.75) is 44.2 Å². The van der Waals surface area contributed by atoms with Crippen molar-refractivity contribution in [3.05, 3.63) is 58.7 Å². The van der Waals surface area contributed by atoms with E-state index in [1.165, 1.54) is 0 Å². The summed E-state index contributed by atoms with van der Waals surface area (Å²) in [4.78, 5) is 15.9. The molecule has 2 fully saturated rings. The largest absolute Gasteiger partial charge is 0.366 e. The Labute approximate surface area is 156 Å². The minimum atomic E-state index is -0.917. The SMILES string of the molecule is NC(=O)C1=CN2C(=CC1)C(Cc1c(F)cc(F)cc1F)N1CCCCC2C1. The van der Waals surface area contributed by atoms with Gasteiger partial charge in [0.25, 0.3) is 0 Å². The van der Waals surface area contributed by atoms with Crippen molar-refractivity contribution in [2.24, 2.45) is 5.73 Å². The number of carbonyl (C=O) groups is 1. The zero-order chi connectivity index (χ0) is 19.1. The summed E-state index contributed by atoms with van der Waals surface area (Å²) in [5, 5.41) is 0. The van der Waals surface area contributed by atoms with Crippen molar-refractivity contribution in [3.63, 3.8) is 0 Å². The predicted molar refractivity (Wildman–Crippen MR) is 94.8 cm³/mol. The van der Waals surface area contributed by atoms with Crippen LogP contribution in [0.1, 0.15) is 31.2 Å². The lowest BCUT2D eigenvalue weighted by atomic mass is 9.92. The van der Waals surface area contributed by atoms with Crippen LogP contribution in [-0.2, 0) is 11.2 Å². The molecule has 2 saturated heterocycles. The lowest BCUT2D eigenvalue weighted by Gasteiger charge is -2.48. The van der Waals surface area contributed by atoms with Crippen molar-refractivity contribution in [1.82, 2.24) is 9.80 Å². The van der Waals surface area contributed by atoms with Crippen LogP contribution in [0, 0.1) is 17.5 Å². The normalized spacial score (nSPS) is 27.4. The zero-order valence-corrected chi connectivity index (χ0v) is 14.9. The molecule has 3 unspecified atom stereocenters. The van der Waals surface area contributed by atoms with E-state index in [4.69, 9.17) is 5.73 Å². The van der Waals surface area contributed by atoms with Gasteiger partial charge in [-0.15, -0.1) is 0 Å². The van der Waals surface area contributed by atoms with Gasteiger partial charge >= 0.3 is 0 Å². The van der Waals surface area contributed by atoms with Crippen LogP contribution in [0.15, 0.2) is 35.7 Å². The highest BCUT2D eigenvalue weighted by Gasteiger charge is 2.39. The van der Waals surface area contributed by atoms with Crippen LogP contribution in [0.3, 0.4) is 0 Å². The number of rotatable bonds is 3. The maximum atomic E-state index is 14.3. The Hall–Kier alpha value is -2.28. The second kappa shape index (κ2) is 7.03. The molecule has 0 radical (unpaired) electrons. The van der Waals surface area contributed by atoms with E-state index in [0.29, 0.717) is 12.0 Å².